The first kappa shape index (κ1) is 20.9. The first-order chi connectivity index (χ1) is 14.8. The molecule has 1 unspecified atom stereocenters. The van der Waals surface area contributed by atoms with Crippen molar-refractivity contribution in [3.8, 4) is 11.4 Å². The summed E-state index contributed by atoms with van der Waals surface area (Å²) in [5.41, 5.74) is -1.00. The Morgan fingerprint density at radius 1 is 1.13 bits per heavy atom. The molecule has 1 aliphatic rings. The summed E-state index contributed by atoms with van der Waals surface area (Å²) >= 11 is 0. The van der Waals surface area contributed by atoms with Gasteiger partial charge in [-0.15, -0.1) is 0 Å². The van der Waals surface area contributed by atoms with Crippen LogP contribution in [0.1, 0.15) is 40.5 Å². The average Bonchev–Trinajstić information content (AvgIpc) is 3.48. The molecule has 4 rings (SSSR count). The minimum absolute atomic E-state index is 0.00155. The van der Waals surface area contributed by atoms with E-state index in [1.165, 1.54) is 19.2 Å². The van der Waals surface area contributed by atoms with Gasteiger partial charge in [0.1, 0.15) is 11.6 Å². The standard InChI is InChI=1S/C22H19F4N3O2/c1-31-17-10-4-14(5-11-17)19(13-2-3-13)28-21(30)18-12-27-29(20(18)22(24,25)26)16-8-6-15(23)7-9-16/h4-13,19H,2-3H2,1H3,(H,28,30). The number of methoxy groups -OCH3 is 1. The number of halogens is 4. The maximum absolute atomic E-state index is 13.9. The molecule has 1 fully saturated rings. The molecule has 1 aliphatic carbocycles. The second-order valence-corrected chi connectivity index (χ2v) is 7.35. The molecule has 0 radical (unpaired) electrons. The van der Waals surface area contributed by atoms with Crippen LogP contribution >= 0.6 is 0 Å². The quantitative estimate of drug-likeness (QED) is 0.562. The summed E-state index contributed by atoms with van der Waals surface area (Å²) in [6.07, 6.45) is -2.21. The number of ether oxygens (including phenoxy) is 1. The molecule has 0 spiro atoms. The van der Waals surface area contributed by atoms with Gasteiger partial charge in [-0.3, -0.25) is 4.79 Å². The van der Waals surface area contributed by atoms with Crippen LogP contribution in [0.25, 0.3) is 5.69 Å². The van der Waals surface area contributed by atoms with Crippen LogP contribution in [-0.2, 0) is 6.18 Å². The van der Waals surface area contributed by atoms with Crippen molar-refractivity contribution >= 4 is 5.91 Å². The molecule has 2 aromatic carbocycles. The van der Waals surface area contributed by atoms with Crippen LogP contribution in [0.4, 0.5) is 17.6 Å². The number of nitrogens with one attached hydrogen (secondary N) is 1. The predicted octanol–water partition coefficient (Wildman–Crippen LogP) is 4.92. The fraction of sp³-hybridized carbons (Fsp3) is 0.273. The number of nitrogens with zero attached hydrogens (tertiary/aromatic N) is 2. The number of benzene rings is 2. The normalized spacial score (nSPS) is 14.9. The average molecular weight is 433 g/mol. The Morgan fingerprint density at radius 2 is 1.77 bits per heavy atom. The third kappa shape index (κ3) is 4.40. The number of carbonyl (C=O) groups excluding carboxylic acids is 1. The molecule has 0 saturated heterocycles. The second-order valence-electron chi connectivity index (χ2n) is 7.35. The minimum atomic E-state index is -4.84. The van der Waals surface area contributed by atoms with Crippen molar-refractivity contribution in [3.05, 3.63) is 77.4 Å². The van der Waals surface area contributed by atoms with Gasteiger partial charge in [0.25, 0.3) is 5.91 Å². The second kappa shape index (κ2) is 8.05. The van der Waals surface area contributed by atoms with Gasteiger partial charge in [0.2, 0.25) is 0 Å². The number of carbonyl (C=O) groups is 1. The van der Waals surface area contributed by atoms with Gasteiger partial charge in [-0.1, -0.05) is 12.1 Å². The summed E-state index contributed by atoms with van der Waals surface area (Å²) < 4.78 is 60.5. The zero-order chi connectivity index (χ0) is 22.2. The molecule has 0 bridgehead atoms. The summed E-state index contributed by atoms with van der Waals surface area (Å²) in [4.78, 5) is 12.9. The highest BCUT2D eigenvalue weighted by Crippen LogP contribution is 2.42. The van der Waals surface area contributed by atoms with Crippen molar-refractivity contribution in [2.45, 2.75) is 25.1 Å². The first-order valence-corrected chi connectivity index (χ1v) is 9.64. The Labute approximate surface area is 175 Å². The lowest BCUT2D eigenvalue weighted by molar-refractivity contribution is -0.143. The van der Waals surface area contributed by atoms with E-state index >= 15 is 0 Å². The van der Waals surface area contributed by atoms with E-state index in [1.807, 2.05) is 0 Å². The van der Waals surface area contributed by atoms with Gasteiger partial charge in [0.15, 0.2) is 5.69 Å². The van der Waals surface area contributed by atoms with Crippen molar-refractivity contribution < 1.29 is 27.1 Å². The van der Waals surface area contributed by atoms with Gasteiger partial charge >= 0.3 is 6.18 Å². The Bertz CT molecular complexity index is 1070. The first-order valence-electron chi connectivity index (χ1n) is 9.64. The smallest absolute Gasteiger partial charge is 0.434 e. The number of rotatable bonds is 6. The Balaban J connectivity index is 1.66. The van der Waals surface area contributed by atoms with Gasteiger partial charge in [-0.05, 0) is 60.7 Å². The van der Waals surface area contributed by atoms with Crippen LogP contribution in [0.15, 0.2) is 54.7 Å². The molecule has 3 aromatic rings. The Kier molecular flexibility index (Phi) is 5.43. The predicted molar refractivity (Wildman–Crippen MR) is 104 cm³/mol. The molecular formula is C22H19F4N3O2. The molecule has 1 amide bonds. The molecule has 0 aliphatic heterocycles. The highest BCUT2D eigenvalue weighted by Gasteiger charge is 2.42. The summed E-state index contributed by atoms with van der Waals surface area (Å²) in [5, 5.41) is 6.51. The molecule has 5 nitrogen and oxygen atoms in total. The summed E-state index contributed by atoms with van der Waals surface area (Å²) in [7, 11) is 1.53. The molecule has 1 aromatic heterocycles. The number of hydrogen-bond donors (Lipinski definition) is 1. The summed E-state index contributed by atoms with van der Waals surface area (Å²) in [6, 6.07) is 11.0. The fourth-order valence-electron chi connectivity index (χ4n) is 3.50. The topological polar surface area (TPSA) is 56.1 Å². The van der Waals surface area contributed by atoms with Gasteiger partial charge in [-0.25, -0.2) is 9.07 Å². The zero-order valence-electron chi connectivity index (χ0n) is 16.5. The van der Waals surface area contributed by atoms with Gasteiger partial charge < -0.3 is 10.1 Å². The Morgan fingerprint density at radius 3 is 2.32 bits per heavy atom. The van der Waals surface area contributed by atoms with E-state index in [4.69, 9.17) is 4.74 Å². The summed E-state index contributed by atoms with van der Waals surface area (Å²) in [6.45, 7) is 0. The number of aromatic nitrogens is 2. The van der Waals surface area contributed by atoms with E-state index < -0.39 is 35.2 Å². The summed E-state index contributed by atoms with van der Waals surface area (Å²) in [5.74, 6) is -0.661. The molecular weight excluding hydrogens is 414 g/mol. The molecule has 9 heteroatoms. The highest BCUT2D eigenvalue weighted by atomic mass is 19.4. The van der Waals surface area contributed by atoms with E-state index in [-0.39, 0.29) is 11.6 Å². The van der Waals surface area contributed by atoms with Crippen LogP contribution < -0.4 is 10.1 Å². The van der Waals surface area contributed by atoms with Crippen LogP contribution in [0.5, 0.6) is 5.75 Å². The van der Waals surface area contributed by atoms with Gasteiger partial charge in [-0.2, -0.15) is 18.3 Å². The molecule has 162 valence electrons. The lowest BCUT2D eigenvalue weighted by Crippen LogP contribution is -2.31. The fourth-order valence-corrected chi connectivity index (χ4v) is 3.50. The van der Waals surface area contributed by atoms with Crippen molar-refractivity contribution in [1.29, 1.82) is 0 Å². The van der Waals surface area contributed by atoms with E-state index in [9.17, 15) is 22.4 Å². The monoisotopic (exact) mass is 433 g/mol. The van der Waals surface area contributed by atoms with E-state index in [0.717, 1.165) is 36.7 Å². The molecule has 1 heterocycles. The highest BCUT2D eigenvalue weighted by molar-refractivity contribution is 5.95. The van der Waals surface area contributed by atoms with Crippen LogP contribution in [0.2, 0.25) is 0 Å². The number of hydrogen-bond acceptors (Lipinski definition) is 3. The van der Waals surface area contributed by atoms with E-state index in [0.29, 0.717) is 10.4 Å². The van der Waals surface area contributed by atoms with Gasteiger partial charge in [0, 0.05) is 0 Å². The lowest BCUT2D eigenvalue weighted by Gasteiger charge is -2.20. The third-order valence-electron chi connectivity index (χ3n) is 5.21. The molecule has 1 saturated carbocycles. The minimum Gasteiger partial charge on any atom is -0.497 e. The molecule has 31 heavy (non-hydrogen) atoms. The van der Waals surface area contributed by atoms with Crippen molar-refractivity contribution in [1.82, 2.24) is 15.1 Å². The maximum Gasteiger partial charge on any atom is 0.434 e. The van der Waals surface area contributed by atoms with Crippen molar-refractivity contribution in [3.63, 3.8) is 0 Å². The largest absolute Gasteiger partial charge is 0.497 e. The van der Waals surface area contributed by atoms with Gasteiger partial charge in [0.05, 0.1) is 30.6 Å². The van der Waals surface area contributed by atoms with Crippen LogP contribution in [0, 0.1) is 11.7 Å². The molecule has 1 atom stereocenters. The third-order valence-corrected chi connectivity index (χ3v) is 5.21. The lowest BCUT2D eigenvalue weighted by atomic mass is 10.0. The zero-order valence-corrected chi connectivity index (χ0v) is 16.5. The van der Waals surface area contributed by atoms with Crippen LogP contribution in [-0.4, -0.2) is 22.8 Å². The van der Waals surface area contributed by atoms with Crippen molar-refractivity contribution in [2.75, 3.05) is 7.11 Å². The maximum atomic E-state index is 13.9. The molecule has 1 N–H and O–H groups in total. The van der Waals surface area contributed by atoms with Crippen molar-refractivity contribution in [2.24, 2.45) is 5.92 Å². The number of amides is 1. The van der Waals surface area contributed by atoms with E-state index in [1.54, 1.807) is 24.3 Å². The Hall–Kier alpha value is -3.36. The van der Waals surface area contributed by atoms with Crippen LogP contribution in [0.3, 0.4) is 0 Å². The van der Waals surface area contributed by atoms with E-state index in [2.05, 4.69) is 10.4 Å². The number of alkyl halides is 3. The SMILES string of the molecule is COc1ccc(C(NC(=O)c2cnn(-c3ccc(F)cc3)c2C(F)(F)F)C2CC2)cc1.